The first-order valence-electron chi connectivity index (χ1n) is 11.6. The van der Waals surface area contributed by atoms with Gasteiger partial charge in [-0.2, -0.15) is 0 Å². The number of amides is 2. The van der Waals surface area contributed by atoms with Gasteiger partial charge in [-0.1, -0.05) is 18.2 Å². The summed E-state index contributed by atoms with van der Waals surface area (Å²) in [7, 11) is 0. The Morgan fingerprint density at radius 3 is 2.43 bits per heavy atom. The molecular weight excluding hydrogens is 503 g/mol. The van der Waals surface area contributed by atoms with Crippen molar-refractivity contribution in [2.75, 3.05) is 6.61 Å². The first-order chi connectivity index (χ1) is 17.8. The summed E-state index contributed by atoms with van der Waals surface area (Å²) in [5, 5.41) is 46.0. The number of rotatable bonds is 2. The number of fused-ring (bicyclic) bond motifs is 10. The number of aliphatic hydroxyl groups is 4. The number of aliphatic hydroxyl groups excluding tert-OH is 4. The Bertz CT molecular complexity index is 1810. The van der Waals surface area contributed by atoms with Crippen LogP contribution in [-0.4, -0.2) is 67.8 Å². The van der Waals surface area contributed by atoms with Crippen molar-refractivity contribution in [3.8, 4) is 0 Å². The lowest BCUT2D eigenvalue weighted by Gasteiger charge is -2.41. The molecule has 0 saturated carbocycles. The van der Waals surface area contributed by atoms with E-state index in [0.29, 0.717) is 31.9 Å². The van der Waals surface area contributed by atoms with Crippen LogP contribution in [0.25, 0.3) is 42.0 Å². The Hall–Kier alpha value is -3.45. The lowest BCUT2D eigenvalue weighted by molar-refractivity contribution is -0.249. The summed E-state index contributed by atoms with van der Waals surface area (Å²) in [4.78, 5) is 26.2. The molecule has 2 amide bonds. The predicted molar refractivity (Wildman–Crippen MR) is 133 cm³/mol. The molecule has 0 radical (unpaired) electrons. The van der Waals surface area contributed by atoms with Gasteiger partial charge in [-0.3, -0.25) is 14.9 Å². The number of aromatic nitrogens is 1. The van der Waals surface area contributed by atoms with Crippen molar-refractivity contribution in [2.24, 2.45) is 0 Å². The fraction of sp³-hybridized carbons (Fsp3) is 0.231. The molecule has 5 unspecified atom stereocenters. The maximum atomic E-state index is 14.6. The molecule has 2 aliphatic rings. The van der Waals surface area contributed by atoms with Gasteiger partial charge in [0.25, 0.3) is 11.8 Å². The Balaban J connectivity index is 1.71. The number of imide groups is 1. The summed E-state index contributed by atoms with van der Waals surface area (Å²) in [5.41, 5.74) is 1.07. The van der Waals surface area contributed by atoms with Crippen molar-refractivity contribution in [3.63, 3.8) is 0 Å². The number of nitrogens with one attached hydrogen (secondary N) is 1. The van der Waals surface area contributed by atoms with Crippen molar-refractivity contribution >= 4 is 65.1 Å². The number of hydrogen-bond donors (Lipinski definition) is 5. The zero-order chi connectivity index (χ0) is 25.7. The Kier molecular flexibility index (Phi) is 4.78. The van der Waals surface area contributed by atoms with Gasteiger partial charge in [0.05, 0.1) is 33.5 Å². The monoisotopic (exact) mass is 522 g/mol. The summed E-state index contributed by atoms with van der Waals surface area (Å²) < 4.78 is 23.5. The van der Waals surface area contributed by atoms with Crippen molar-refractivity contribution in [3.05, 3.63) is 59.4 Å². The van der Waals surface area contributed by atoms with Gasteiger partial charge in [0.1, 0.15) is 30.2 Å². The van der Waals surface area contributed by atoms with Gasteiger partial charge in [0.2, 0.25) is 0 Å². The lowest BCUT2D eigenvalue weighted by Crippen LogP contribution is -2.56. The van der Waals surface area contributed by atoms with Crippen LogP contribution in [-0.2, 0) is 4.74 Å². The molecule has 2 aliphatic heterocycles. The second kappa shape index (κ2) is 7.78. The van der Waals surface area contributed by atoms with Crippen LogP contribution in [0, 0.1) is 5.82 Å². The topological polar surface area (TPSA) is 141 Å². The number of nitrogens with zero attached hydrogens (tertiary/aromatic N) is 1. The lowest BCUT2D eigenvalue weighted by atomic mass is 9.96. The van der Waals surface area contributed by atoms with E-state index in [1.54, 1.807) is 4.57 Å². The third-order valence-electron chi connectivity index (χ3n) is 7.33. The second-order valence-corrected chi connectivity index (χ2v) is 10.4. The van der Waals surface area contributed by atoms with E-state index in [2.05, 4.69) is 5.32 Å². The second-order valence-electron chi connectivity index (χ2n) is 9.31. The zero-order valence-electron chi connectivity index (χ0n) is 18.9. The van der Waals surface area contributed by atoms with Gasteiger partial charge in [-0.15, -0.1) is 11.3 Å². The number of benzene rings is 3. The normalized spacial score (nSPS) is 26.0. The molecule has 5 aromatic rings. The number of carbonyl (C=O) groups is 2. The minimum absolute atomic E-state index is 0.0926. The van der Waals surface area contributed by atoms with Crippen LogP contribution in [0.15, 0.2) is 42.5 Å². The van der Waals surface area contributed by atoms with Crippen LogP contribution in [0.4, 0.5) is 4.39 Å². The Morgan fingerprint density at radius 2 is 1.68 bits per heavy atom. The molecule has 1 saturated heterocycles. The molecule has 0 bridgehead atoms. The van der Waals surface area contributed by atoms with Crippen molar-refractivity contribution in [1.29, 1.82) is 0 Å². The summed E-state index contributed by atoms with van der Waals surface area (Å²) in [5.74, 6) is -1.75. The van der Waals surface area contributed by atoms with E-state index in [4.69, 9.17) is 4.74 Å². The van der Waals surface area contributed by atoms with Gasteiger partial charge in [-0.05, 0) is 24.3 Å². The first-order valence-corrected chi connectivity index (χ1v) is 12.4. The van der Waals surface area contributed by atoms with E-state index in [1.165, 1.54) is 29.5 Å². The van der Waals surface area contributed by atoms with E-state index in [-0.39, 0.29) is 11.1 Å². The summed E-state index contributed by atoms with van der Waals surface area (Å²) >= 11 is 1.36. The van der Waals surface area contributed by atoms with Gasteiger partial charge < -0.3 is 29.7 Å². The highest BCUT2D eigenvalue weighted by Crippen LogP contribution is 2.49. The quantitative estimate of drug-likeness (QED) is 0.224. The number of carbonyl (C=O) groups excluding carboxylic acids is 2. The van der Waals surface area contributed by atoms with E-state index in [9.17, 15) is 34.4 Å². The molecule has 9 nitrogen and oxygen atoms in total. The fourth-order valence-electron chi connectivity index (χ4n) is 5.72. The average Bonchev–Trinajstić information content (AvgIpc) is 3.52. The third-order valence-corrected chi connectivity index (χ3v) is 8.51. The molecule has 1 fully saturated rings. The zero-order valence-corrected chi connectivity index (χ0v) is 19.7. The molecule has 188 valence electrons. The minimum Gasteiger partial charge on any atom is -0.394 e. The highest BCUT2D eigenvalue weighted by Gasteiger charge is 2.46. The largest absolute Gasteiger partial charge is 0.394 e. The molecule has 4 heterocycles. The van der Waals surface area contributed by atoms with Crippen molar-refractivity contribution < 1.29 is 39.1 Å². The van der Waals surface area contributed by atoms with Crippen molar-refractivity contribution in [1.82, 2.24) is 9.88 Å². The fourth-order valence-corrected chi connectivity index (χ4v) is 6.97. The van der Waals surface area contributed by atoms with E-state index in [0.717, 1.165) is 10.1 Å². The number of ether oxygens (including phenoxy) is 1. The number of hydrogen-bond acceptors (Lipinski definition) is 8. The highest BCUT2D eigenvalue weighted by atomic mass is 32.1. The maximum Gasteiger partial charge on any atom is 0.259 e. The SMILES string of the molecule is O=C1NC(=O)c2c1c1c3ccccc3sc1c1c2c2cc(F)ccc2n1C1OC(CO)C(O)C(O)C1O. The summed E-state index contributed by atoms with van der Waals surface area (Å²) in [6.07, 6.45) is -7.35. The molecule has 7 rings (SSSR count). The molecule has 37 heavy (non-hydrogen) atoms. The molecule has 5 N–H and O–H groups in total. The van der Waals surface area contributed by atoms with Gasteiger partial charge >= 0.3 is 0 Å². The predicted octanol–water partition coefficient (Wildman–Crippen LogP) is 2.16. The first kappa shape index (κ1) is 22.7. The van der Waals surface area contributed by atoms with Crippen LogP contribution >= 0.6 is 11.3 Å². The summed E-state index contributed by atoms with van der Waals surface area (Å²) in [6.45, 7) is -0.627. The Labute approximate surface area is 210 Å². The third kappa shape index (κ3) is 2.89. The van der Waals surface area contributed by atoms with Gasteiger partial charge in [0, 0.05) is 26.2 Å². The van der Waals surface area contributed by atoms with E-state index >= 15 is 0 Å². The van der Waals surface area contributed by atoms with Crippen LogP contribution in [0.1, 0.15) is 26.9 Å². The number of thiophene rings is 1. The van der Waals surface area contributed by atoms with Gasteiger partial charge in [0.15, 0.2) is 6.23 Å². The molecule has 0 spiro atoms. The molecule has 2 aromatic heterocycles. The maximum absolute atomic E-state index is 14.6. The molecule has 3 aromatic carbocycles. The van der Waals surface area contributed by atoms with E-state index < -0.39 is 54.9 Å². The smallest absolute Gasteiger partial charge is 0.259 e. The number of halogens is 1. The Morgan fingerprint density at radius 1 is 0.946 bits per heavy atom. The highest BCUT2D eigenvalue weighted by molar-refractivity contribution is 7.26. The van der Waals surface area contributed by atoms with Crippen LogP contribution in [0.3, 0.4) is 0 Å². The van der Waals surface area contributed by atoms with Gasteiger partial charge in [-0.25, -0.2) is 4.39 Å². The minimum atomic E-state index is -1.65. The molecular formula is C26H19FN2O7S. The molecule has 5 atom stereocenters. The van der Waals surface area contributed by atoms with E-state index in [1.807, 2.05) is 24.3 Å². The van der Waals surface area contributed by atoms with Crippen molar-refractivity contribution in [2.45, 2.75) is 30.6 Å². The summed E-state index contributed by atoms with van der Waals surface area (Å²) in [6, 6.07) is 11.3. The van der Waals surface area contributed by atoms with Crippen LogP contribution in [0.5, 0.6) is 0 Å². The molecule has 0 aliphatic carbocycles. The standard InChI is InChI=1S/C26H19FN2O7S/c27-9-5-6-12-11(7-9)15-17-18(25(35)28-24(17)34)16-10-3-1-2-4-14(10)37-23(16)19(15)29(12)26-22(33)21(32)20(31)13(8-30)36-26/h1-7,13,20-22,26,30-33H,8H2,(H,28,34,35). The van der Waals surface area contributed by atoms with Crippen LogP contribution < -0.4 is 5.32 Å². The van der Waals surface area contributed by atoms with Crippen LogP contribution in [0.2, 0.25) is 0 Å². The molecule has 11 heteroatoms. The average molecular weight is 523 g/mol.